The summed E-state index contributed by atoms with van der Waals surface area (Å²) in [6, 6.07) is 5.32. The summed E-state index contributed by atoms with van der Waals surface area (Å²) >= 11 is 5.78. The Hall–Kier alpha value is -1.13. The average molecular weight is 255 g/mol. The molecule has 5 heteroatoms. The van der Waals surface area contributed by atoms with Crippen LogP contribution in [0.2, 0.25) is 0 Å². The third kappa shape index (κ3) is 2.96. The highest BCUT2D eigenvalue weighted by Crippen LogP contribution is 2.14. The van der Waals surface area contributed by atoms with Crippen LogP contribution in [0, 0.1) is 0 Å². The quantitative estimate of drug-likeness (QED) is 0.752. The van der Waals surface area contributed by atoms with Crippen LogP contribution in [0.15, 0.2) is 24.4 Å². The van der Waals surface area contributed by atoms with Gasteiger partial charge in [0.1, 0.15) is 5.69 Å². The first-order chi connectivity index (χ1) is 8.20. The van der Waals surface area contributed by atoms with Gasteiger partial charge in [-0.05, 0) is 19.1 Å². The van der Waals surface area contributed by atoms with Crippen LogP contribution < -0.4 is 0 Å². The van der Waals surface area contributed by atoms with Gasteiger partial charge in [0.25, 0.3) is 5.91 Å². The Balaban J connectivity index is 2.09. The number of nitrogens with zero attached hydrogens (tertiary/aromatic N) is 2. The molecule has 2 heterocycles. The molecule has 0 saturated carbocycles. The number of morpholine rings is 1. The first kappa shape index (κ1) is 12.3. The van der Waals surface area contributed by atoms with E-state index in [-0.39, 0.29) is 18.1 Å². The Bertz CT molecular complexity index is 385. The van der Waals surface area contributed by atoms with Crippen molar-refractivity contribution >= 4 is 17.5 Å². The summed E-state index contributed by atoms with van der Waals surface area (Å²) in [7, 11) is 0. The van der Waals surface area contributed by atoms with Crippen molar-refractivity contribution in [3.63, 3.8) is 0 Å². The lowest BCUT2D eigenvalue weighted by Gasteiger charge is -2.35. The van der Waals surface area contributed by atoms with Crippen LogP contribution in [0.25, 0.3) is 0 Å². The smallest absolute Gasteiger partial charge is 0.272 e. The molecule has 0 radical (unpaired) electrons. The largest absolute Gasteiger partial charge is 0.370 e. The second kappa shape index (κ2) is 5.47. The second-order valence-corrected chi connectivity index (χ2v) is 4.46. The molecule has 92 valence electrons. The second-order valence-electron chi connectivity index (χ2n) is 4.15. The normalized spacial score (nSPS) is 24.7. The van der Waals surface area contributed by atoms with Gasteiger partial charge in [0, 0.05) is 19.3 Å². The zero-order valence-electron chi connectivity index (χ0n) is 9.67. The van der Waals surface area contributed by atoms with Gasteiger partial charge in [0.05, 0.1) is 18.1 Å². The summed E-state index contributed by atoms with van der Waals surface area (Å²) in [4.78, 5) is 18.0. The van der Waals surface area contributed by atoms with Crippen LogP contribution in [0.1, 0.15) is 17.4 Å². The number of hydrogen-bond donors (Lipinski definition) is 0. The highest BCUT2D eigenvalue weighted by molar-refractivity contribution is 6.18. The molecule has 2 rings (SSSR count). The fourth-order valence-electron chi connectivity index (χ4n) is 1.95. The van der Waals surface area contributed by atoms with E-state index in [1.54, 1.807) is 23.2 Å². The topological polar surface area (TPSA) is 42.4 Å². The monoisotopic (exact) mass is 254 g/mol. The van der Waals surface area contributed by atoms with Gasteiger partial charge in [-0.2, -0.15) is 0 Å². The van der Waals surface area contributed by atoms with E-state index in [9.17, 15) is 4.79 Å². The average Bonchev–Trinajstić information content (AvgIpc) is 2.38. The van der Waals surface area contributed by atoms with Crippen LogP contribution in [0.5, 0.6) is 0 Å². The van der Waals surface area contributed by atoms with Crippen LogP contribution in [0.3, 0.4) is 0 Å². The number of pyridine rings is 1. The van der Waals surface area contributed by atoms with E-state index < -0.39 is 0 Å². The van der Waals surface area contributed by atoms with Gasteiger partial charge in [-0.3, -0.25) is 9.78 Å². The fraction of sp³-hybridized carbons (Fsp3) is 0.500. The van der Waals surface area contributed by atoms with Crippen molar-refractivity contribution < 1.29 is 9.53 Å². The number of carbonyl (C=O) groups excluding carboxylic acids is 1. The molecule has 1 aromatic rings. The zero-order valence-corrected chi connectivity index (χ0v) is 10.4. The van der Waals surface area contributed by atoms with E-state index in [0.717, 1.165) is 0 Å². The highest BCUT2D eigenvalue weighted by Gasteiger charge is 2.28. The molecule has 1 aliphatic heterocycles. The number of halogens is 1. The first-order valence-electron chi connectivity index (χ1n) is 5.62. The Morgan fingerprint density at radius 2 is 2.41 bits per heavy atom. The molecule has 1 amide bonds. The Labute approximate surface area is 106 Å². The molecule has 0 N–H and O–H groups in total. The summed E-state index contributed by atoms with van der Waals surface area (Å²) in [6.07, 6.45) is 1.55. The molecule has 0 bridgehead atoms. The lowest BCUT2D eigenvalue weighted by Crippen LogP contribution is -2.49. The van der Waals surface area contributed by atoms with E-state index in [1.807, 2.05) is 13.0 Å². The standard InChI is InChI=1S/C12H15ClN2O2/c1-9-7-15(8-10(6-13)17-9)12(16)11-4-2-3-5-14-11/h2-5,9-10H,6-8H2,1H3. The molecule has 1 aliphatic rings. The molecule has 1 saturated heterocycles. The Morgan fingerprint density at radius 1 is 1.59 bits per heavy atom. The van der Waals surface area contributed by atoms with Crippen molar-refractivity contribution in [3.8, 4) is 0 Å². The molecule has 0 aliphatic carbocycles. The van der Waals surface area contributed by atoms with Gasteiger partial charge >= 0.3 is 0 Å². The molecular weight excluding hydrogens is 240 g/mol. The molecule has 1 aromatic heterocycles. The van der Waals surface area contributed by atoms with E-state index in [2.05, 4.69) is 4.98 Å². The van der Waals surface area contributed by atoms with Crippen molar-refractivity contribution in [2.75, 3.05) is 19.0 Å². The molecular formula is C12H15ClN2O2. The molecule has 0 aromatic carbocycles. The summed E-state index contributed by atoms with van der Waals surface area (Å²) in [5, 5.41) is 0. The number of amides is 1. The van der Waals surface area contributed by atoms with Gasteiger partial charge in [0.15, 0.2) is 0 Å². The van der Waals surface area contributed by atoms with E-state index in [1.165, 1.54) is 0 Å². The summed E-state index contributed by atoms with van der Waals surface area (Å²) < 4.78 is 5.61. The third-order valence-electron chi connectivity index (χ3n) is 2.67. The van der Waals surface area contributed by atoms with E-state index >= 15 is 0 Å². The maximum atomic E-state index is 12.2. The molecule has 2 unspecified atom stereocenters. The van der Waals surface area contributed by atoms with Crippen molar-refractivity contribution in [2.45, 2.75) is 19.1 Å². The summed E-state index contributed by atoms with van der Waals surface area (Å²) in [6.45, 7) is 3.06. The van der Waals surface area contributed by atoms with Gasteiger partial charge in [-0.25, -0.2) is 0 Å². The molecule has 1 fully saturated rings. The highest BCUT2D eigenvalue weighted by atomic mass is 35.5. The van der Waals surface area contributed by atoms with Crippen molar-refractivity contribution in [1.29, 1.82) is 0 Å². The number of carbonyl (C=O) groups is 1. The fourth-order valence-corrected chi connectivity index (χ4v) is 2.12. The zero-order chi connectivity index (χ0) is 12.3. The predicted octanol–water partition coefficient (Wildman–Crippen LogP) is 1.55. The lowest BCUT2D eigenvalue weighted by atomic mass is 10.2. The van der Waals surface area contributed by atoms with Crippen molar-refractivity contribution in [2.24, 2.45) is 0 Å². The molecule has 0 spiro atoms. The predicted molar refractivity (Wildman–Crippen MR) is 65.2 cm³/mol. The maximum Gasteiger partial charge on any atom is 0.272 e. The first-order valence-corrected chi connectivity index (χ1v) is 6.16. The Kier molecular flexibility index (Phi) is 3.97. The van der Waals surface area contributed by atoms with Gasteiger partial charge in [-0.1, -0.05) is 6.07 Å². The SMILES string of the molecule is CC1CN(C(=O)c2ccccn2)CC(CCl)O1. The van der Waals surface area contributed by atoms with E-state index in [0.29, 0.717) is 24.7 Å². The van der Waals surface area contributed by atoms with Crippen LogP contribution in [-0.2, 0) is 4.74 Å². The Morgan fingerprint density at radius 3 is 3.06 bits per heavy atom. The number of aromatic nitrogens is 1. The lowest BCUT2D eigenvalue weighted by molar-refractivity contribution is -0.0571. The molecule has 17 heavy (non-hydrogen) atoms. The third-order valence-corrected chi connectivity index (χ3v) is 3.01. The van der Waals surface area contributed by atoms with Crippen molar-refractivity contribution in [1.82, 2.24) is 9.88 Å². The minimum Gasteiger partial charge on any atom is -0.370 e. The molecule has 4 nitrogen and oxygen atoms in total. The number of ether oxygens (including phenoxy) is 1. The van der Waals surface area contributed by atoms with Gasteiger partial charge < -0.3 is 9.64 Å². The number of alkyl halides is 1. The number of rotatable bonds is 2. The van der Waals surface area contributed by atoms with Crippen LogP contribution in [-0.4, -0.2) is 47.0 Å². The van der Waals surface area contributed by atoms with Gasteiger partial charge in [-0.15, -0.1) is 11.6 Å². The summed E-state index contributed by atoms with van der Waals surface area (Å²) in [5.41, 5.74) is 0.468. The molecule has 2 atom stereocenters. The minimum absolute atomic E-state index is 0.0140. The van der Waals surface area contributed by atoms with E-state index in [4.69, 9.17) is 16.3 Å². The summed E-state index contributed by atoms with van der Waals surface area (Å²) in [5.74, 6) is 0.340. The number of hydrogen-bond acceptors (Lipinski definition) is 3. The van der Waals surface area contributed by atoms with Crippen LogP contribution in [0.4, 0.5) is 0 Å². The van der Waals surface area contributed by atoms with Crippen LogP contribution >= 0.6 is 11.6 Å². The maximum absolute atomic E-state index is 12.2. The van der Waals surface area contributed by atoms with Gasteiger partial charge in [0.2, 0.25) is 0 Å². The minimum atomic E-state index is -0.0897. The van der Waals surface area contributed by atoms with Crippen molar-refractivity contribution in [3.05, 3.63) is 30.1 Å².